The molecule has 2 N–H and O–H groups in total. The highest BCUT2D eigenvalue weighted by atomic mass is 35.5. The fraction of sp³-hybridized carbons (Fsp3) is 0.564. The molecule has 2 bridgehead atoms. The zero-order valence-electron chi connectivity index (χ0n) is 30.4. The van der Waals surface area contributed by atoms with Crippen LogP contribution in [0.5, 0.6) is 5.75 Å². The van der Waals surface area contributed by atoms with E-state index in [2.05, 4.69) is 60.5 Å². The van der Waals surface area contributed by atoms with Crippen LogP contribution in [-0.4, -0.2) is 68.6 Å². The third-order valence-corrected chi connectivity index (χ3v) is 12.3. The number of allylic oxidation sites excluding steroid dienone is 1. The third-order valence-electron chi connectivity index (χ3n) is 10.2. The second-order valence-electron chi connectivity index (χ2n) is 13.9. The van der Waals surface area contributed by atoms with Gasteiger partial charge in [-0.2, -0.15) is 13.2 Å². The van der Waals surface area contributed by atoms with E-state index in [9.17, 15) is 22.8 Å². The van der Waals surface area contributed by atoms with Gasteiger partial charge in [0.2, 0.25) is 5.91 Å². The van der Waals surface area contributed by atoms with Gasteiger partial charge in [-0.15, -0.1) is 0 Å². The van der Waals surface area contributed by atoms with Crippen molar-refractivity contribution in [2.45, 2.75) is 89.7 Å². The number of alkyl halides is 3. The van der Waals surface area contributed by atoms with Crippen LogP contribution in [0.3, 0.4) is 0 Å². The fourth-order valence-electron chi connectivity index (χ4n) is 6.94. The summed E-state index contributed by atoms with van der Waals surface area (Å²) in [5, 5.41) is 3.08. The first-order valence-electron chi connectivity index (χ1n) is 17.8. The summed E-state index contributed by atoms with van der Waals surface area (Å²) in [5.41, 5.74) is 4.26. The number of hydrogen-bond acceptors (Lipinski definition) is 5. The molecule has 12 heteroatoms. The average Bonchev–Trinajstić information content (AvgIpc) is 3.24. The number of fused-ring (bicyclic) bond motifs is 2. The molecule has 1 aliphatic carbocycles. The molecule has 7 unspecified atom stereocenters. The number of aryl methyl sites for hydroxylation is 1. The minimum Gasteiger partial charge on any atom is -0.491 e. The number of rotatable bonds is 6. The number of carbonyl (C=O) groups is 2. The van der Waals surface area contributed by atoms with Crippen molar-refractivity contribution in [3.63, 3.8) is 0 Å². The molecular formula is C39H53ClF3N3O4S. The van der Waals surface area contributed by atoms with Gasteiger partial charge in [0, 0.05) is 55.4 Å². The van der Waals surface area contributed by atoms with E-state index < -0.39 is 29.2 Å². The second-order valence-corrected chi connectivity index (χ2v) is 16.2. The first kappa shape index (κ1) is 40.7. The monoisotopic (exact) mass is 751 g/mol. The zero-order chi connectivity index (χ0) is 37.3. The minimum atomic E-state index is -4.18. The lowest BCUT2D eigenvalue weighted by atomic mass is 9.70. The second kappa shape index (κ2) is 18.6. The van der Waals surface area contributed by atoms with E-state index in [1.165, 1.54) is 30.9 Å². The number of nitrogens with one attached hydrogen (secondary N) is 2. The van der Waals surface area contributed by atoms with Gasteiger partial charge < -0.3 is 24.4 Å². The molecule has 1 saturated carbocycles. The van der Waals surface area contributed by atoms with Crippen molar-refractivity contribution in [3.8, 4) is 5.75 Å². The number of ether oxygens (including phenoxy) is 2. The lowest BCUT2D eigenvalue weighted by Gasteiger charge is -2.43. The molecule has 3 aliphatic rings. The van der Waals surface area contributed by atoms with Gasteiger partial charge in [-0.25, -0.2) is 0 Å². The summed E-state index contributed by atoms with van der Waals surface area (Å²) < 4.78 is 49.8. The van der Waals surface area contributed by atoms with E-state index in [4.69, 9.17) is 21.1 Å². The summed E-state index contributed by atoms with van der Waals surface area (Å²) >= 11 is 6.42. The van der Waals surface area contributed by atoms with Crippen molar-refractivity contribution >= 4 is 45.6 Å². The Morgan fingerprint density at radius 1 is 1.18 bits per heavy atom. The van der Waals surface area contributed by atoms with Gasteiger partial charge in [0.15, 0.2) is 0 Å². The Morgan fingerprint density at radius 3 is 2.59 bits per heavy atom. The van der Waals surface area contributed by atoms with Crippen LogP contribution in [0, 0.1) is 17.8 Å². The van der Waals surface area contributed by atoms with Gasteiger partial charge in [0.25, 0.3) is 5.91 Å². The summed E-state index contributed by atoms with van der Waals surface area (Å²) in [6.45, 7) is 9.78. The molecule has 5 rings (SSSR count). The summed E-state index contributed by atoms with van der Waals surface area (Å²) in [7, 11) is 1.34. The molecule has 2 aromatic carbocycles. The maximum Gasteiger partial charge on any atom is 0.390 e. The van der Waals surface area contributed by atoms with Gasteiger partial charge in [-0.3, -0.25) is 9.59 Å². The quantitative estimate of drug-likeness (QED) is 0.228. The summed E-state index contributed by atoms with van der Waals surface area (Å²) in [4.78, 5) is 26.0. The van der Waals surface area contributed by atoms with Crippen molar-refractivity contribution in [2.24, 2.45) is 17.8 Å². The van der Waals surface area contributed by atoms with Crippen LogP contribution in [0.1, 0.15) is 87.2 Å². The zero-order valence-corrected chi connectivity index (χ0v) is 31.9. The van der Waals surface area contributed by atoms with Crippen LogP contribution in [0.2, 0.25) is 5.02 Å². The lowest BCUT2D eigenvalue weighted by molar-refractivity contribution is -0.135. The van der Waals surface area contributed by atoms with Crippen LogP contribution in [0.15, 0.2) is 48.6 Å². The van der Waals surface area contributed by atoms with Crippen LogP contribution in [0.4, 0.5) is 18.9 Å². The molecule has 0 aromatic heterocycles. The molecule has 7 atom stereocenters. The van der Waals surface area contributed by atoms with E-state index >= 15 is 0 Å². The Kier molecular flexibility index (Phi) is 14.9. The fourth-order valence-corrected chi connectivity index (χ4v) is 8.35. The third kappa shape index (κ3) is 11.5. The summed E-state index contributed by atoms with van der Waals surface area (Å²) in [5.74, 6) is 6.23. The Balaban J connectivity index is 0.000000510. The van der Waals surface area contributed by atoms with Crippen molar-refractivity contribution in [3.05, 3.63) is 70.3 Å². The predicted octanol–water partition coefficient (Wildman–Crippen LogP) is 8.72. The van der Waals surface area contributed by atoms with Crippen molar-refractivity contribution in [2.75, 3.05) is 38.3 Å². The molecule has 2 aromatic rings. The van der Waals surface area contributed by atoms with Crippen LogP contribution >= 0.6 is 22.3 Å². The summed E-state index contributed by atoms with van der Waals surface area (Å²) in [6.07, 6.45) is 4.86. The van der Waals surface area contributed by atoms with Crippen molar-refractivity contribution in [1.29, 1.82) is 0 Å². The molecule has 282 valence electrons. The number of amides is 2. The molecule has 2 heterocycles. The normalized spacial score (nSPS) is 27.3. The lowest BCUT2D eigenvalue weighted by Crippen LogP contribution is -2.44. The maximum absolute atomic E-state index is 13.4. The molecule has 2 amide bonds. The van der Waals surface area contributed by atoms with Gasteiger partial charge >= 0.3 is 6.18 Å². The van der Waals surface area contributed by atoms with Crippen LogP contribution in [0.25, 0.3) is 0 Å². The topological polar surface area (TPSA) is 79.9 Å². The summed E-state index contributed by atoms with van der Waals surface area (Å²) in [6, 6.07) is 12.2. The number of anilines is 1. The minimum absolute atomic E-state index is 0.0718. The number of methoxy groups -OCH3 is 1. The molecule has 51 heavy (non-hydrogen) atoms. The molecule has 2 aliphatic heterocycles. The number of carbonyl (C=O) groups excluding carboxylic acids is 2. The standard InChI is InChI=1S/C34H45ClN2O3S.C5H8F3NO/c1-6-8-24-17-28(35)13-15-29(24)27-20-37-19-26-11-14-30(26)32(39-4)10-7-9-22(2)23(3)41(5)36-34(38)25-12-16-33(40-21-27)31(37)18-25;1-4(10)9-3-2-5(6,7)8/h7,10,12-13,15-18,22-23,26-27,30,32H,5-6,8-9,11,14,19-21H2,1-4H3,(H,36,38);2-3H2,1H3,(H,9,10)/b10-7+;. The average molecular weight is 752 g/mol. The first-order chi connectivity index (χ1) is 24.2. The van der Waals surface area contributed by atoms with Crippen LogP contribution in [-0.2, 0) is 16.0 Å². The Hall–Kier alpha value is -3.02. The molecule has 1 fully saturated rings. The Labute approximate surface area is 308 Å². The number of benzene rings is 2. The van der Waals surface area contributed by atoms with Crippen molar-refractivity contribution < 1.29 is 32.2 Å². The molecule has 0 saturated heterocycles. The molecule has 0 radical (unpaired) electrons. The van der Waals surface area contributed by atoms with Crippen LogP contribution < -0.4 is 19.7 Å². The van der Waals surface area contributed by atoms with E-state index in [0.29, 0.717) is 29.9 Å². The van der Waals surface area contributed by atoms with E-state index in [-0.39, 0.29) is 29.7 Å². The first-order valence-corrected chi connectivity index (χ1v) is 19.7. The van der Waals surface area contributed by atoms with Gasteiger partial charge in [-0.05, 0) is 84.9 Å². The van der Waals surface area contributed by atoms with Crippen molar-refractivity contribution in [1.82, 2.24) is 10.0 Å². The smallest absolute Gasteiger partial charge is 0.390 e. The van der Waals surface area contributed by atoms with E-state index in [1.54, 1.807) is 0 Å². The van der Waals surface area contributed by atoms with E-state index in [1.807, 2.05) is 36.7 Å². The van der Waals surface area contributed by atoms with Gasteiger partial charge in [0.05, 0.1) is 24.8 Å². The van der Waals surface area contributed by atoms with E-state index in [0.717, 1.165) is 48.8 Å². The molecule has 7 nitrogen and oxygen atoms in total. The van der Waals surface area contributed by atoms with Gasteiger partial charge in [0.1, 0.15) is 5.75 Å². The molecular weight excluding hydrogens is 699 g/mol. The maximum atomic E-state index is 13.4. The highest BCUT2D eigenvalue weighted by molar-refractivity contribution is 8.13. The largest absolute Gasteiger partial charge is 0.491 e. The highest BCUT2D eigenvalue weighted by Crippen LogP contribution is 2.43. The van der Waals surface area contributed by atoms with Gasteiger partial charge in [-0.1, -0.05) is 73.6 Å². The Bertz CT molecular complexity index is 1550. The number of halogens is 4. The predicted molar refractivity (Wildman–Crippen MR) is 203 cm³/mol. The SMILES string of the molecule is C=S1NC(=O)c2ccc3c(c2)N(CC(c2ccc(Cl)cc2CCC)CO3)CC2CCC2C(OC)/C=C/CC(C)C1C.CC(=O)NCCC(F)(F)F. The number of hydrogen-bond donors (Lipinski definition) is 2. The Morgan fingerprint density at radius 2 is 1.94 bits per heavy atom. The number of nitrogens with zero attached hydrogens (tertiary/aromatic N) is 1. The molecule has 0 spiro atoms. The highest BCUT2D eigenvalue weighted by Gasteiger charge is 2.39.